The number of hydrogen-bond acceptors (Lipinski definition) is 2. The van der Waals surface area contributed by atoms with E-state index in [1.807, 2.05) is 35.2 Å². The van der Waals surface area contributed by atoms with Gasteiger partial charge in [-0.3, -0.25) is 9.59 Å². The van der Waals surface area contributed by atoms with Crippen molar-refractivity contribution >= 4 is 23.5 Å². The number of amides is 1. The zero-order chi connectivity index (χ0) is 16.6. The normalized spacial score (nSPS) is 20.7. The van der Waals surface area contributed by atoms with E-state index in [4.69, 9.17) is 11.6 Å². The number of benzene rings is 1. The molecule has 2 heterocycles. The first-order chi connectivity index (χ1) is 10.9. The highest BCUT2D eigenvalue weighted by Crippen LogP contribution is 2.32. The molecule has 1 atom stereocenters. The molecule has 23 heavy (non-hydrogen) atoms. The van der Waals surface area contributed by atoms with E-state index in [1.165, 1.54) is 0 Å². The van der Waals surface area contributed by atoms with Crippen molar-refractivity contribution in [2.45, 2.75) is 13.3 Å². The van der Waals surface area contributed by atoms with Crippen LogP contribution < -0.4 is 0 Å². The van der Waals surface area contributed by atoms with E-state index in [-0.39, 0.29) is 12.5 Å². The Labute approximate surface area is 139 Å². The van der Waals surface area contributed by atoms with Gasteiger partial charge in [0.05, 0.1) is 16.0 Å². The predicted molar refractivity (Wildman–Crippen MR) is 87.0 cm³/mol. The van der Waals surface area contributed by atoms with Crippen molar-refractivity contribution in [3.63, 3.8) is 0 Å². The summed E-state index contributed by atoms with van der Waals surface area (Å²) in [6, 6.07) is 9.06. The van der Waals surface area contributed by atoms with Crippen LogP contribution in [0, 0.1) is 5.41 Å². The molecule has 1 aliphatic rings. The minimum Gasteiger partial charge on any atom is -0.481 e. The molecule has 0 saturated carbocycles. The van der Waals surface area contributed by atoms with E-state index in [9.17, 15) is 14.7 Å². The average Bonchev–Trinajstić information content (AvgIpc) is 3.17. The highest BCUT2D eigenvalue weighted by atomic mass is 35.5. The van der Waals surface area contributed by atoms with Crippen LogP contribution in [0.2, 0.25) is 5.02 Å². The fourth-order valence-electron chi connectivity index (χ4n) is 2.82. The first-order valence-corrected chi connectivity index (χ1v) is 7.74. The smallest absolute Gasteiger partial charge is 0.311 e. The van der Waals surface area contributed by atoms with Crippen LogP contribution in [0.4, 0.5) is 0 Å². The lowest BCUT2D eigenvalue weighted by Gasteiger charge is -2.21. The lowest BCUT2D eigenvalue weighted by atomic mass is 9.90. The molecular formula is C17H17ClN2O3. The van der Waals surface area contributed by atoms with Crippen molar-refractivity contribution in [1.29, 1.82) is 0 Å². The van der Waals surface area contributed by atoms with E-state index in [1.54, 1.807) is 24.0 Å². The molecule has 6 heteroatoms. The molecule has 1 amide bonds. The zero-order valence-electron chi connectivity index (χ0n) is 12.7. The molecule has 1 aliphatic heterocycles. The Morgan fingerprint density at radius 1 is 1.26 bits per heavy atom. The zero-order valence-corrected chi connectivity index (χ0v) is 13.5. The van der Waals surface area contributed by atoms with Gasteiger partial charge in [0.15, 0.2) is 0 Å². The minimum absolute atomic E-state index is 0.200. The van der Waals surface area contributed by atoms with Gasteiger partial charge in [0.25, 0.3) is 5.91 Å². The lowest BCUT2D eigenvalue weighted by molar-refractivity contribution is -0.147. The highest BCUT2D eigenvalue weighted by Gasteiger charge is 2.42. The number of rotatable bonds is 3. The maximum atomic E-state index is 12.7. The highest BCUT2D eigenvalue weighted by molar-refractivity contribution is 6.33. The summed E-state index contributed by atoms with van der Waals surface area (Å²) in [7, 11) is 0. The largest absolute Gasteiger partial charge is 0.481 e. The fraction of sp³-hybridized carbons (Fsp3) is 0.294. The second kappa shape index (κ2) is 5.74. The Morgan fingerprint density at radius 3 is 2.57 bits per heavy atom. The molecule has 0 bridgehead atoms. The van der Waals surface area contributed by atoms with Crippen LogP contribution in [-0.2, 0) is 4.79 Å². The average molecular weight is 333 g/mol. The number of halogens is 1. The van der Waals surface area contributed by atoms with Gasteiger partial charge in [-0.25, -0.2) is 0 Å². The van der Waals surface area contributed by atoms with E-state index >= 15 is 0 Å². The summed E-state index contributed by atoms with van der Waals surface area (Å²) >= 11 is 6.19. The third-order valence-electron chi connectivity index (χ3n) is 4.36. The van der Waals surface area contributed by atoms with Gasteiger partial charge in [-0.05, 0) is 43.7 Å². The lowest BCUT2D eigenvalue weighted by Crippen LogP contribution is -2.35. The van der Waals surface area contributed by atoms with Crippen LogP contribution >= 0.6 is 11.6 Å². The van der Waals surface area contributed by atoms with Crippen LogP contribution in [0.15, 0.2) is 42.7 Å². The molecule has 0 radical (unpaired) electrons. The Balaban J connectivity index is 1.88. The standard InChI is InChI=1S/C17H17ClN2O3/c1-17(16(22)23)6-9-20(11-17)15(21)13-10-12(4-5-14(13)18)19-7-2-3-8-19/h2-5,7-8,10H,6,9,11H2,1H3,(H,22,23). The number of aromatic nitrogens is 1. The molecule has 2 aromatic rings. The molecule has 0 spiro atoms. The molecule has 1 unspecified atom stereocenters. The molecule has 1 aromatic carbocycles. The van der Waals surface area contributed by atoms with Gasteiger partial charge in [0, 0.05) is 31.2 Å². The second-order valence-corrected chi connectivity index (χ2v) is 6.50. The third kappa shape index (κ3) is 2.84. The van der Waals surface area contributed by atoms with Crippen LogP contribution in [0.1, 0.15) is 23.7 Å². The molecule has 1 saturated heterocycles. The summed E-state index contributed by atoms with van der Waals surface area (Å²) in [5, 5.41) is 9.67. The Morgan fingerprint density at radius 2 is 1.96 bits per heavy atom. The summed E-state index contributed by atoms with van der Waals surface area (Å²) < 4.78 is 1.89. The van der Waals surface area contributed by atoms with Gasteiger partial charge in [-0.2, -0.15) is 0 Å². The molecular weight excluding hydrogens is 316 g/mol. The summed E-state index contributed by atoms with van der Waals surface area (Å²) in [5.74, 6) is -1.10. The maximum absolute atomic E-state index is 12.7. The molecule has 1 fully saturated rings. The van der Waals surface area contributed by atoms with E-state index < -0.39 is 11.4 Å². The number of hydrogen-bond donors (Lipinski definition) is 1. The van der Waals surface area contributed by atoms with Crippen LogP contribution in [0.3, 0.4) is 0 Å². The number of carbonyl (C=O) groups excluding carboxylic acids is 1. The first-order valence-electron chi connectivity index (χ1n) is 7.36. The second-order valence-electron chi connectivity index (χ2n) is 6.10. The number of carboxylic acids is 1. The van der Waals surface area contributed by atoms with Gasteiger partial charge in [0.2, 0.25) is 0 Å². The number of carbonyl (C=O) groups is 2. The van der Waals surface area contributed by atoms with Crippen molar-refractivity contribution < 1.29 is 14.7 Å². The van der Waals surface area contributed by atoms with Crippen LogP contribution in [0.25, 0.3) is 5.69 Å². The molecule has 120 valence electrons. The molecule has 3 rings (SSSR count). The predicted octanol–water partition coefficient (Wildman–Crippen LogP) is 3.07. The van der Waals surface area contributed by atoms with Gasteiger partial charge in [-0.1, -0.05) is 11.6 Å². The van der Waals surface area contributed by atoms with E-state index in [0.29, 0.717) is 23.6 Å². The summed E-state index contributed by atoms with van der Waals surface area (Å²) in [5.41, 5.74) is 0.343. The SMILES string of the molecule is CC1(C(=O)O)CCN(C(=O)c2cc(-n3cccc3)ccc2Cl)C1. The summed E-state index contributed by atoms with van der Waals surface area (Å²) in [4.78, 5) is 25.6. The van der Waals surface area contributed by atoms with Gasteiger partial charge < -0.3 is 14.6 Å². The van der Waals surface area contributed by atoms with Crippen LogP contribution in [-0.4, -0.2) is 39.5 Å². The quantitative estimate of drug-likeness (QED) is 0.939. The topological polar surface area (TPSA) is 62.5 Å². The Hall–Kier alpha value is -2.27. The first kappa shape index (κ1) is 15.6. The Kier molecular flexibility index (Phi) is 3.90. The van der Waals surface area contributed by atoms with Crippen molar-refractivity contribution in [3.8, 4) is 5.69 Å². The van der Waals surface area contributed by atoms with Gasteiger partial charge in [0.1, 0.15) is 0 Å². The minimum atomic E-state index is -0.889. The number of aliphatic carboxylic acids is 1. The number of likely N-dealkylation sites (tertiary alicyclic amines) is 1. The Bertz CT molecular complexity index is 757. The van der Waals surface area contributed by atoms with E-state index in [2.05, 4.69) is 0 Å². The van der Waals surface area contributed by atoms with Gasteiger partial charge in [-0.15, -0.1) is 0 Å². The van der Waals surface area contributed by atoms with Crippen molar-refractivity contribution in [2.75, 3.05) is 13.1 Å². The molecule has 1 aromatic heterocycles. The van der Waals surface area contributed by atoms with Gasteiger partial charge >= 0.3 is 5.97 Å². The fourth-order valence-corrected chi connectivity index (χ4v) is 3.02. The summed E-state index contributed by atoms with van der Waals surface area (Å²) in [6.45, 7) is 2.29. The number of nitrogens with zero attached hydrogens (tertiary/aromatic N) is 2. The third-order valence-corrected chi connectivity index (χ3v) is 4.69. The molecule has 0 aliphatic carbocycles. The maximum Gasteiger partial charge on any atom is 0.311 e. The van der Waals surface area contributed by atoms with Crippen LogP contribution in [0.5, 0.6) is 0 Å². The molecule has 1 N–H and O–H groups in total. The van der Waals surface area contributed by atoms with Crippen molar-refractivity contribution in [1.82, 2.24) is 9.47 Å². The number of carboxylic acid groups (broad SMARTS) is 1. The van der Waals surface area contributed by atoms with E-state index in [0.717, 1.165) is 5.69 Å². The summed E-state index contributed by atoms with van der Waals surface area (Å²) in [6.07, 6.45) is 4.21. The van der Waals surface area contributed by atoms with Crippen molar-refractivity contribution in [3.05, 3.63) is 53.3 Å². The van der Waals surface area contributed by atoms with Crippen molar-refractivity contribution in [2.24, 2.45) is 5.41 Å². The monoisotopic (exact) mass is 332 g/mol. The molecule has 5 nitrogen and oxygen atoms in total.